The molecule has 6 aliphatic rings. The lowest BCUT2D eigenvalue weighted by Crippen LogP contribution is -2.63. The number of ether oxygens (including phenoxy) is 2. The SMILES string of the molecule is CC1C(C)C2OC1C(C(C)(C(F)(F)F)C(F)(F)F)C2(F)F.CC1C2CC(CC(C)(C(F)(F)F)C(F)(F)F)C(C2)C1C.CC1C2CC(CC(C)(C(F)(F)F)C(F)(F)F)C(O2)C1C. The van der Waals surface area contributed by atoms with Gasteiger partial charge >= 0.3 is 37.1 Å². The van der Waals surface area contributed by atoms with Crippen molar-refractivity contribution < 1.29 is 97.3 Å². The van der Waals surface area contributed by atoms with Crippen molar-refractivity contribution in [3.05, 3.63) is 0 Å². The van der Waals surface area contributed by atoms with E-state index >= 15 is 0 Å². The Morgan fingerprint density at radius 2 is 0.852 bits per heavy atom. The Morgan fingerprint density at radius 1 is 0.443 bits per heavy atom. The Labute approximate surface area is 340 Å². The number of hydrogen-bond acceptors (Lipinski definition) is 2. The van der Waals surface area contributed by atoms with Crippen molar-refractivity contribution in [2.75, 3.05) is 0 Å². The standard InChI is InChI=1S/C14H20F6.C13H18F6O.C12H14F8O/c1-7-8(2)11-5-9(7)4-10(11)6-12(3,13(15,16)17)14(18,19)20;1-6-7(2)10-8(4-9(6)20-10)5-11(3,12(14,15)16)13(17,18)19;1-4-5(2)8-10(13,14)7(6(4)21-8)9(3,11(15,16)17)12(18,19)20/h7-11H,4-6H2,1-3H3;6-10H,4-5H2,1-3H3;4-8H,1-3H3. The van der Waals surface area contributed by atoms with Gasteiger partial charge in [-0.1, -0.05) is 41.5 Å². The lowest BCUT2D eigenvalue weighted by Gasteiger charge is -2.46. The number of fused-ring (bicyclic) bond motifs is 6. The first-order valence-electron chi connectivity index (χ1n) is 20.0. The number of rotatable bonds is 5. The molecule has 6 bridgehead atoms. The molecular formula is C39H52F20O2. The summed E-state index contributed by atoms with van der Waals surface area (Å²) in [5.74, 6) is -8.75. The maximum atomic E-state index is 14.2. The van der Waals surface area contributed by atoms with E-state index in [4.69, 9.17) is 9.47 Å². The molecule has 4 saturated heterocycles. The van der Waals surface area contributed by atoms with E-state index in [0.29, 0.717) is 25.2 Å². The van der Waals surface area contributed by atoms with Crippen molar-refractivity contribution in [1.29, 1.82) is 0 Å². The molecular weight excluding hydrogens is 880 g/mol. The molecule has 4 aliphatic heterocycles. The zero-order valence-corrected chi connectivity index (χ0v) is 34.6. The van der Waals surface area contributed by atoms with E-state index in [-0.39, 0.29) is 50.0 Å². The highest BCUT2D eigenvalue weighted by Crippen LogP contribution is 2.68. The molecule has 15 atom stereocenters. The quantitative estimate of drug-likeness (QED) is 0.256. The Morgan fingerprint density at radius 3 is 1.18 bits per heavy atom. The minimum atomic E-state index is -5.85. The molecule has 6 rings (SSSR count). The van der Waals surface area contributed by atoms with E-state index in [1.165, 1.54) is 13.8 Å². The topological polar surface area (TPSA) is 18.5 Å². The fourth-order valence-corrected chi connectivity index (χ4v) is 11.1. The molecule has 0 aromatic heterocycles. The summed E-state index contributed by atoms with van der Waals surface area (Å²) in [6, 6.07) is 0. The largest absolute Gasteiger partial charge is 0.403 e. The molecule has 0 N–H and O–H groups in total. The Kier molecular flexibility index (Phi) is 13.6. The van der Waals surface area contributed by atoms with Gasteiger partial charge in [0.1, 0.15) is 6.10 Å². The van der Waals surface area contributed by atoms with Gasteiger partial charge in [-0.15, -0.1) is 0 Å². The van der Waals surface area contributed by atoms with Crippen molar-refractivity contribution in [2.45, 2.75) is 162 Å². The van der Waals surface area contributed by atoms with Crippen LogP contribution < -0.4 is 0 Å². The van der Waals surface area contributed by atoms with Crippen molar-refractivity contribution in [1.82, 2.24) is 0 Å². The van der Waals surface area contributed by atoms with E-state index in [1.807, 2.05) is 20.8 Å². The lowest BCUT2D eigenvalue weighted by atomic mass is 9.62. The minimum absolute atomic E-state index is 0.00414. The summed E-state index contributed by atoms with van der Waals surface area (Å²) in [7, 11) is 0. The van der Waals surface area contributed by atoms with Gasteiger partial charge in [-0.2, -0.15) is 79.0 Å². The van der Waals surface area contributed by atoms with Gasteiger partial charge in [-0.25, -0.2) is 8.78 Å². The first-order valence-corrected chi connectivity index (χ1v) is 20.0. The van der Waals surface area contributed by atoms with Crippen LogP contribution in [0.5, 0.6) is 0 Å². The van der Waals surface area contributed by atoms with Gasteiger partial charge in [0, 0.05) is 0 Å². The van der Waals surface area contributed by atoms with E-state index in [1.54, 1.807) is 0 Å². The second kappa shape index (κ2) is 15.9. The summed E-state index contributed by atoms with van der Waals surface area (Å²) in [5, 5.41) is 0. The van der Waals surface area contributed by atoms with E-state index in [2.05, 4.69) is 6.92 Å². The van der Waals surface area contributed by atoms with Crippen LogP contribution in [0.1, 0.15) is 94.4 Å². The predicted molar refractivity (Wildman–Crippen MR) is 178 cm³/mol. The van der Waals surface area contributed by atoms with Gasteiger partial charge < -0.3 is 9.47 Å². The van der Waals surface area contributed by atoms with Crippen molar-refractivity contribution in [3.8, 4) is 0 Å². The third kappa shape index (κ3) is 8.47. The van der Waals surface area contributed by atoms with Gasteiger partial charge in [0.2, 0.25) is 0 Å². The van der Waals surface area contributed by atoms with Gasteiger partial charge in [-0.05, 0) is 112 Å². The molecule has 0 spiro atoms. The van der Waals surface area contributed by atoms with Crippen molar-refractivity contribution in [3.63, 3.8) is 0 Å². The lowest BCUT2D eigenvalue weighted by molar-refractivity contribution is -0.372. The molecule has 0 radical (unpaired) electrons. The maximum Gasteiger partial charge on any atom is 0.403 e. The van der Waals surface area contributed by atoms with Crippen LogP contribution in [0.3, 0.4) is 0 Å². The molecule has 4 heterocycles. The number of halogens is 20. The maximum absolute atomic E-state index is 14.2. The van der Waals surface area contributed by atoms with Crippen LogP contribution in [0.4, 0.5) is 87.8 Å². The van der Waals surface area contributed by atoms with Crippen LogP contribution in [0.2, 0.25) is 0 Å². The molecule has 0 aromatic rings. The summed E-state index contributed by atoms with van der Waals surface area (Å²) in [4.78, 5) is 0. The molecule has 61 heavy (non-hydrogen) atoms. The van der Waals surface area contributed by atoms with Gasteiger partial charge in [0.25, 0.3) is 5.92 Å². The average molecular weight is 933 g/mol. The third-order valence-electron chi connectivity index (χ3n) is 16.2. The third-order valence-corrected chi connectivity index (χ3v) is 16.2. The van der Waals surface area contributed by atoms with Crippen molar-refractivity contribution >= 4 is 0 Å². The molecule has 2 aliphatic carbocycles. The van der Waals surface area contributed by atoms with E-state index in [0.717, 1.165) is 6.42 Å². The normalized spacial score (nSPS) is 39.0. The molecule has 2 nitrogen and oxygen atoms in total. The first kappa shape index (κ1) is 52.1. The molecule has 6 fully saturated rings. The second-order valence-corrected chi connectivity index (χ2v) is 19.4. The second-order valence-electron chi connectivity index (χ2n) is 19.4. The van der Waals surface area contributed by atoms with Crippen LogP contribution in [0.15, 0.2) is 0 Å². The van der Waals surface area contributed by atoms with Crippen LogP contribution in [-0.4, -0.2) is 67.4 Å². The van der Waals surface area contributed by atoms with Gasteiger partial charge in [0.15, 0.2) is 16.2 Å². The Hall–Kier alpha value is -1.48. The molecule has 2 saturated carbocycles. The zero-order valence-electron chi connectivity index (χ0n) is 34.6. The first-order chi connectivity index (χ1) is 26.9. The van der Waals surface area contributed by atoms with Crippen LogP contribution in [0.25, 0.3) is 0 Å². The fraction of sp³-hybridized carbons (Fsp3) is 1.00. The smallest absolute Gasteiger partial charge is 0.374 e. The molecule has 360 valence electrons. The zero-order chi connectivity index (χ0) is 47.6. The number of alkyl halides is 20. The number of hydrogen-bond donors (Lipinski definition) is 0. The highest BCUT2D eigenvalue weighted by atomic mass is 19.4. The van der Waals surface area contributed by atoms with Gasteiger partial charge in [0.05, 0.1) is 24.2 Å². The van der Waals surface area contributed by atoms with Crippen LogP contribution >= 0.6 is 0 Å². The molecule has 15 unspecified atom stereocenters. The summed E-state index contributed by atoms with van der Waals surface area (Å²) in [6.07, 6.45) is -37.4. The molecule has 0 aromatic carbocycles. The van der Waals surface area contributed by atoms with E-state index in [9.17, 15) is 87.8 Å². The van der Waals surface area contributed by atoms with Crippen molar-refractivity contribution in [2.24, 2.45) is 81.3 Å². The summed E-state index contributed by atoms with van der Waals surface area (Å²) in [5.41, 5.74) is -11.8. The Bertz CT molecular complexity index is 1410. The van der Waals surface area contributed by atoms with E-state index < -0.39 is 120 Å². The van der Waals surface area contributed by atoms with Gasteiger partial charge in [-0.3, -0.25) is 0 Å². The highest BCUT2D eigenvalue weighted by molar-refractivity contribution is 5.15. The van der Waals surface area contributed by atoms with Crippen LogP contribution in [0, 0.1) is 81.3 Å². The summed E-state index contributed by atoms with van der Waals surface area (Å²) < 4.78 is 272. The molecule has 0 amide bonds. The monoisotopic (exact) mass is 932 g/mol. The highest BCUT2D eigenvalue weighted by Gasteiger charge is 2.83. The Balaban J connectivity index is 0.000000202. The summed E-state index contributed by atoms with van der Waals surface area (Å²) >= 11 is 0. The predicted octanol–water partition coefficient (Wildman–Crippen LogP) is 14.4. The fourth-order valence-electron chi connectivity index (χ4n) is 11.1. The minimum Gasteiger partial charge on any atom is -0.374 e. The van der Waals surface area contributed by atoms with Crippen LogP contribution in [-0.2, 0) is 9.47 Å². The summed E-state index contributed by atoms with van der Waals surface area (Å²) in [6.45, 7) is 10.8. The average Bonchev–Trinajstić information content (AvgIpc) is 3.89. The molecule has 22 heteroatoms.